The fourth-order valence-electron chi connectivity index (χ4n) is 2.47. The molecule has 0 saturated carbocycles. The molecule has 110 valence electrons. The van der Waals surface area contributed by atoms with Crippen LogP contribution in [0.1, 0.15) is 26.7 Å². The van der Waals surface area contributed by atoms with E-state index in [2.05, 4.69) is 13.8 Å². The highest BCUT2D eigenvalue weighted by atomic mass is 16.5. The molecule has 2 rings (SSSR count). The molecule has 1 aromatic rings. The van der Waals surface area contributed by atoms with E-state index in [0.29, 0.717) is 24.9 Å². The molecule has 1 saturated heterocycles. The Morgan fingerprint density at radius 1 is 1.35 bits per heavy atom. The van der Waals surface area contributed by atoms with Gasteiger partial charge in [-0.1, -0.05) is 13.8 Å². The topological polar surface area (TPSA) is 55.6 Å². The number of nitrogens with zero attached hydrogens (tertiary/aromatic N) is 1. The van der Waals surface area contributed by atoms with Crippen LogP contribution >= 0.6 is 0 Å². The third-order valence-electron chi connectivity index (χ3n) is 3.91. The van der Waals surface area contributed by atoms with Crippen molar-refractivity contribution < 1.29 is 9.53 Å². The number of carbonyl (C=O) groups excluding carboxylic acids is 1. The van der Waals surface area contributed by atoms with Crippen LogP contribution in [0.3, 0.4) is 0 Å². The lowest BCUT2D eigenvalue weighted by Gasteiger charge is -2.18. The summed E-state index contributed by atoms with van der Waals surface area (Å²) in [6.07, 6.45) is 1.57. The molecule has 0 radical (unpaired) electrons. The first-order chi connectivity index (χ1) is 9.56. The monoisotopic (exact) mass is 276 g/mol. The predicted octanol–water partition coefficient (Wildman–Crippen LogP) is 2.54. The van der Waals surface area contributed by atoms with E-state index in [4.69, 9.17) is 10.5 Å². The molecular formula is C16H24N2O2. The second-order valence-corrected chi connectivity index (χ2v) is 5.82. The van der Waals surface area contributed by atoms with Crippen molar-refractivity contribution in [2.75, 3.05) is 25.4 Å². The lowest BCUT2D eigenvalue weighted by molar-refractivity contribution is -0.127. The number of hydrogen-bond acceptors (Lipinski definition) is 3. The molecule has 1 atom stereocenters. The number of likely N-dealkylation sites (tertiary alicyclic amines) is 1. The van der Waals surface area contributed by atoms with Gasteiger partial charge in [0.05, 0.1) is 6.61 Å². The van der Waals surface area contributed by atoms with E-state index in [0.717, 1.165) is 30.9 Å². The van der Waals surface area contributed by atoms with Crippen molar-refractivity contribution in [3.05, 3.63) is 24.3 Å². The smallest absolute Gasteiger partial charge is 0.222 e. The number of carbonyl (C=O) groups is 1. The molecule has 1 fully saturated rings. The highest BCUT2D eigenvalue weighted by molar-refractivity contribution is 5.78. The Bertz CT molecular complexity index is 442. The zero-order valence-electron chi connectivity index (χ0n) is 12.3. The van der Waals surface area contributed by atoms with Gasteiger partial charge in [0.25, 0.3) is 0 Å². The summed E-state index contributed by atoms with van der Waals surface area (Å²) < 4.78 is 5.64. The lowest BCUT2D eigenvalue weighted by Crippen LogP contribution is -2.27. The highest BCUT2D eigenvalue weighted by Gasteiger charge is 2.30. The minimum atomic E-state index is 0.288. The molecule has 1 unspecified atom stereocenters. The second kappa shape index (κ2) is 6.64. The Kier molecular flexibility index (Phi) is 4.88. The number of rotatable bonds is 6. The number of ether oxygens (including phenoxy) is 1. The minimum absolute atomic E-state index is 0.288. The summed E-state index contributed by atoms with van der Waals surface area (Å²) in [6, 6.07) is 7.38. The predicted molar refractivity (Wildman–Crippen MR) is 80.5 cm³/mol. The summed E-state index contributed by atoms with van der Waals surface area (Å²) >= 11 is 0. The summed E-state index contributed by atoms with van der Waals surface area (Å²) in [5.74, 6) is 2.21. The average molecular weight is 276 g/mol. The number of benzene rings is 1. The Hall–Kier alpha value is -1.71. The average Bonchev–Trinajstić information content (AvgIpc) is 2.79. The Morgan fingerprint density at radius 3 is 2.65 bits per heavy atom. The van der Waals surface area contributed by atoms with Gasteiger partial charge in [-0.15, -0.1) is 0 Å². The van der Waals surface area contributed by atoms with Gasteiger partial charge in [0.1, 0.15) is 5.75 Å². The van der Waals surface area contributed by atoms with E-state index in [1.165, 1.54) is 0 Å². The molecule has 1 aliphatic rings. The lowest BCUT2D eigenvalue weighted by atomic mass is 9.95. The van der Waals surface area contributed by atoms with E-state index in [9.17, 15) is 4.79 Å². The standard InChI is InChI=1S/C16H24N2O2/c1-12(2)13-10-16(19)18(11-13)8-3-9-20-15-6-4-14(17)5-7-15/h4-7,12-13H,3,8-11,17H2,1-2H3. The fraction of sp³-hybridized carbons (Fsp3) is 0.562. The quantitative estimate of drug-likeness (QED) is 0.641. The molecule has 4 heteroatoms. The Balaban J connectivity index is 1.68. The van der Waals surface area contributed by atoms with Crippen LogP contribution in [0.15, 0.2) is 24.3 Å². The van der Waals surface area contributed by atoms with Gasteiger partial charge < -0.3 is 15.4 Å². The van der Waals surface area contributed by atoms with Crippen molar-refractivity contribution in [3.63, 3.8) is 0 Å². The van der Waals surface area contributed by atoms with E-state index >= 15 is 0 Å². The molecular weight excluding hydrogens is 252 g/mol. The second-order valence-electron chi connectivity index (χ2n) is 5.82. The third kappa shape index (κ3) is 3.89. The minimum Gasteiger partial charge on any atom is -0.494 e. The normalized spacial score (nSPS) is 18.9. The number of nitrogen functional groups attached to an aromatic ring is 1. The maximum atomic E-state index is 11.9. The molecule has 1 aromatic carbocycles. The number of anilines is 1. The maximum absolute atomic E-state index is 11.9. The molecule has 1 aliphatic heterocycles. The molecule has 1 heterocycles. The van der Waals surface area contributed by atoms with Gasteiger partial charge in [-0.2, -0.15) is 0 Å². The van der Waals surface area contributed by atoms with E-state index in [1.54, 1.807) is 0 Å². The number of amides is 1. The SMILES string of the molecule is CC(C)C1CC(=O)N(CCCOc2ccc(N)cc2)C1. The van der Waals surface area contributed by atoms with Crippen molar-refractivity contribution in [2.24, 2.45) is 11.8 Å². The van der Waals surface area contributed by atoms with E-state index in [-0.39, 0.29) is 5.91 Å². The highest BCUT2D eigenvalue weighted by Crippen LogP contribution is 2.24. The summed E-state index contributed by atoms with van der Waals surface area (Å²) in [5, 5.41) is 0. The molecule has 0 bridgehead atoms. The number of hydrogen-bond donors (Lipinski definition) is 1. The summed E-state index contributed by atoms with van der Waals surface area (Å²) in [7, 11) is 0. The van der Waals surface area contributed by atoms with Crippen molar-refractivity contribution >= 4 is 11.6 Å². The van der Waals surface area contributed by atoms with Gasteiger partial charge >= 0.3 is 0 Å². The fourth-order valence-corrected chi connectivity index (χ4v) is 2.47. The van der Waals surface area contributed by atoms with Crippen molar-refractivity contribution in [1.82, 2.24) is 4.90 Å². The number of nitrogens with two attached hydrogens (primary N) is 1. The van der Waals surface area contributed by atoms with Crippen LogP contribution < -0.4 is 10.5 Å². The van der Waals surface area contributed by atoms with Gasteiger partial charge in [-0.3, -0.25) is 4.79 Å². The molecule has 2 N–H and O–H groups in total. The van der Waals surface area contributed by atoms with Crippen LogP contribution in [0.5, 0.6) is 5.75 Å². The van der Waals surface area contributed by atoms with Crippen LogP contribution in [0.4, 0.5) is 5.69 Å². The molecule has 0 aliphatic carbocycles. The van der Waals surface area contributed by atoms with Crippen molar-refractivity contribution in [3.8, 4) is 5.75 Å². The maximum Gasteiger partial charge on any atom is 0.222 e. The first kappa shape index (κ1) is 14.7. The van der Waals surface area contributed by atoms with Crippen molar-refractivity contribution in [2.45, 2.75) is 26.7 Å². The largest absolute Gasteiger partial charge is 0.494 e. The van der Waals surface area contributed by atoms with Gasteiger partial charge in [0.15, 0.2) is 0 Å². The summed E-state index contributed by atoms with van der Waals surface area (Å²) in [5.41, 5.74) is 6.35. The first-order valence-electron chi connectivity index (χ1n) is 7.32. The van der Waals surface area contributed by atoms with Crippen LogP contribution in [0, 0.1) is 11.8 Å². The van der Waals surface area contributed by atoms with Crippen LogP contribution in [-0.2, 0) is 4.79 Å². The molecule has 4 nitrogen and oxygen atoms in total. The van der Waals surface area contributed by atoms with Crippen LogP contribution in [0.25, 0.3) is 0 Å². The summed E-state index contributed by atoms with van der Waals surface area (Å²) in [6.45, 7) is 6.69. The zero-order chi connectivity index (χ0) is 14.5. The van der Waals surface area contributed by atoms with Crippen LogP contribution in [0.2, 0.25) is 0 Å². The first-order valence-corrected chi connectivity index (χ1v) is 7.32. The van der Waals surface area contributed by atoms with Gasteiger partial charge in [-0.25, -0.2) is 0 Å². The third-order valence-corrected chi connectivity index (χ3v) is 3.91. The zero-order valence-corrected chi connectivity index (χ0v) is 12.3. The molecule has 0 aromatic heterocycles. The van der Waals surface area contributed by atoms with Crippen LogP contribution in [-0.4, -0.2) is 30.5 Å². The van der Waals surface area contributed by atoms with Gasteiger partial charge in [0, 0.05) is 25.2 Å². The molecule has 1 amide bonds. The molecule has 0 spiro atoms. The Morgan fingerprint density at radius 2 is 2.05 bits per heavy atom. The summed E-state index contributed by atoms with van der Waals surface area (Å²) in [4.78, 5) is 13.8. The molecule has 20 heavy (non-hydrogen) atoms. The van der Waals surface area contributed by atoms with E-state index < -0.39 is 0 Å². The van der Waals surface area contributed by atoms with Gasteiger partial charge in [-0.05, 0) is 42.5 Å². The van der Waals surface area contributed by atoms with Gasteiger partial charge in [0.2, 0.25) is 5.91 Å². The van der Waals surface area contributed by atoms with E-state index in [1.807, 2.05) is 29.2 Å². The Labute approximate surface area is 120 Å². The van der Waals surface area contributed by atoms with Crippen molar-refractivity contribution in [1.29, 1.82) is 0 Å².